The summed E-state index contributed by atoms with van der Waals surface area (Å²) >= 11 is 0. The fourth-order valence-corrected chi connectivity index (χ4v) is 3.25. The molecule has 0 atom stereocenters. The fourth-order valence-electron chi connectivity index (χ4n) is 3.25. The Morgan fingerprint density at radius 1 is 1.04 bits per heavy atom. The number of rotatable bonds is 4. The molecule has 0 aliphatic rings. The van der Waals surface area contributed by atoms with E-state index >= 15 is 0 Å². The van der Waals surface area contributed by atoms with Crippen LogP contribution in [0.1, 0.15) is 61.3 Å². The predicted molar refractivity (Wildman–Crippen MR) is 92.1 cm³/mol. The van der Waals surface area contributed by atoms with Gasteiger partial charge in [0.2, 0.25) is 0 Å². The Morgan fingerprint density at radius 3 is 2.09 bits per heavy atom. The molecule has 0 saturated heterocycles. The summed E-state index contributed by atoms with van der Waals surface area (Å²) in [6.07, 6.45) is 0. The van der Waals surface area contributed by atoms with Crippen molar-refractivity contribution in [2.45, 2.75) is 48.1 Å². The molecule has 0 bridgehead atoms. The van der Waals surface area contributed by atoms with E-state index in [9.17, 15) is 9.59 Å². The number of hydrogen-bond acceptors (Lipinski definition) is 2. The summed E-state index contributed by atoms with van der Waals surface area (Å²) in [4.78, 5) is 27.2. The average molecular weight is 312 g/mol. The van der Waals surface area contributed by atoms with E-state index in [-0.39, 0.29) is 11.7 Å². The summed E-state index contributed by atoms with van der Waals surface area (Å²) in [7, 11) is 0. The minimum atomic E-state index is -0.183. The zero-order chi connectivity index (χ0) is 17.3. The van der Waals surface area contributed by atoms with Gasteiger partial charge >= 0.3 is 0 Å². The van der Waals surface area contributed by atoms with E-state index in [4.69, 9.17) is 0 Å². The summed E-state index contributed by atoms with van der Waals surface area (Å²) in [6, 6.07) is 4.23. The average Bonchev–Trinajstić information content (AvgIpc) is 2.72. The Labute approximate surface area is 137 Å². The van der Waals surface area contributed by atoms with Crippen molar-refractivity contribution in [3.63, 3.8) is 0 Å². The number of aromatic nitrogens is 1. The number of aryl methyl sites for hydroxylation is 4. The predicted octanol–water partition coefficient (Wildman–Crippen LogP) is 3.69. The lowest BCUT2D eigenvalue weighted by atomic mass is 10.00. The van der Waals surface area contributed by atoms with Gasteiger partial charge < -0.3 is 10.3 Å². The maximum absolute atomic E-state index is 12.5. The number of ketones is 1. The van der Waals surface area contributed by atoms with Gasteiger partial charge in [0.1, 0.15) is 5.69 Å². The van der Waals surface area contributed by atoms with E-state index in [1.165, 1.54) is 23.6 Å². The second-order valence-corrected chi connectivity index (χ2v) is 6.24. The van der Waals surface area contributed by atoms with Gasteiger partial charge in [-0.05, 0) is 63.8 Å². The van der Waals surface area contributed by atoms with E-state index < -0.39 is 0 Å². The number of aromatic amines is 1. The highest BCUT2D eigenvalue weighted by atomic mass is 16.2. The number of carbonyl (C=O) groups excluding carboxylic acids is 2. The zero-order valence-electron chi connectivity index (χ0n) is 14.7. The van der Waals surface area contributed by atoms with Crippen LogP contribution in [-0.4, -0.2) is 16.7 Å². The van der Waals surface area contributed by atoms with Crippen molar-refractivity contribution in [3.8, 4) is 0 Å². The maximum atomic E-state index is 12.5. The molecule has 0 fully saturated rings. The Morgan fingerprint density at radius 2 is 1.61 bits per heavy atom. The molecular formula is C19H24N2O2. The molecular weight excluding hydrogens is 288 g/mol. The quantitative estimate of drug-likeness (QED) is 0.846. The molecule has 0 aliphatic carbocycles. The number of carbonyl (C=O) groups is 2. The standard InChI is InChI=1S/C19H24N2O2/c1-10-7-11(2)16(12(3)8-10)9-20-19(23)18-13(4)17(15(6)22)14(5)21-18/h7-8,21H,9H2,1-6H3,(H,20,23). The van der Waals surface area contributed by atoms with E-state index in [1.54, 1.807) is 6.92 Å². The van der Waals surface area contributed by atoms with Crippen LogP contribution >= 0.6 is 0 Å². The SMILES string of the molecule is CC(=O)c1c(C)[nH]c(C(=O)NCc2c(C)cc(C)cc2C)c1C. The van der Waals surface area contributed by atoms with Crippen LogP contribution in [0.3, 0.4) is 0 Å². The maximum Gasteiger partial charge on any atom is 0.268 e. The van der Waals surface area contributed by atoms with Crippen LogP contribution in [0.2, 0.25) is 0 Å². The number of Topliss-reactive ketones (excluding diaryl/α,β-unsaturated/α-hetero) is 1. The third kappa shape index (κ3) is 3.36. The number of amides is 1. The van der Waals surface area contributed by atoms with Crippen molar-refractivity contribution >= 4 is 11.7 Å². The molecule has 23 heavy (non-hydrogen) atoms. The van der Waals surface area contributed by atoms with Crippen molar-refractivity contribution in [1.82, 2.24) is 10.3 Å². The second kappa shape index (κ2) is 6.41. The Balaban J connectivity index is 2.21. The third-order valence-corrected chi connectivity index (χ3v) is 4.28. The molecule has 1 aromatic heterocycles. The van der Waals surface area contributed by atoms with Gasteiger partial charge in [0.15, 0.2) is 5.78 Å². The van der Waals surface area contributed by atoms with Crippen LogP contribution in [0.25, 0.3) is 0 Å². The van der Waals surface area contributed by atoms with Gasteiger partial charge in [-0.25, -0.2) is 0 Å². The molecule has 0 unspecified atom stereocenters. The van der Waals surface area contributed by atoms with Crippen LogP contribution in [0.5, 0.6) is 0 Å². The van der Waals surface area contributed by atoms with Gasteiger partial charge in [-0.1, -0.05) is 17.7 Å². The molecule has 0 saturated carbocycles. The first-order valence-electron chi connectivity index (χ1n) is 7.77. The monoisotopic (exact) mass is 312 g/mol. The normalized spacial score (nSPS) is 10.7. The van der Waals surface area contributed by atoms with Crippen molar-refractivity contribution in [2.24, 2.45) is 0 Å². The number of hydrogen-bond donors (Lipinski definition) is 2. The molecule has 2 N–H and O–H groups in total. The molecule has 1 aromatic carbocycles. The zero-order valence-corrected chi connectivity index (χ0v) is 14.7. The van der Waals surface area contributed by atoms with Crippen LogP contribution in [0.15, 0.2) is 12.1 Å². The Kier molecular flexibility index (Phi) is 4.73. The van der Waals surface area contributed by atoms with Crippen LogP contribution < -0.4 is 5.32 Å². The van der Waals surface area contributed by atoms with Crippen molar-refractivity contribution in [1.29, 1.82) is 0 Å². The summed E-state index contributed by atoms with van der Waals surface area (Å²) in [6.45, 7) is 11.8. The molecule has 4 heteroatoms. The van der Waals surface area contributed by atoms with Gasteiger partial charge in [-0.2, -0.15) is 0 Å². The molecule has 1 heterocycles. The van der Waals surface area contributed by atoms with E-state index in [2.05, 4.69) is 43.2 Å². The largest absolute Gasteiger partial charge is 0.354 e. The molecule has 0 radical (unpaired) electrons. The minimum absolute atomic E-state index is 0.0273. The van der Waals surface area contributed by atoms with E-state index in [1.807, 2.05) is 6.92 Å². The topological polar surface area (TPSA) is 62.0 Å². The number of H-pyrrole nitrogens is 1. The van der Waals surface area contributed by atoms with Crippen molar-refractivity contribution in [3.05, 3.63) is 56.9 Å². The molecule has 122 valence electrons. The molecule has 0 spiro atoms. The van der Waals surface area contributed by atoms with Gasteiger partial charge in [0.25, 0.3) is 5.91 Å². The van der Waals surface area contributed by atoms with Gasteiger partial charge in [0.05, 0.1) is 0 Å². The van der Waals surface area contributed by atoms with Crippen molar-refractivity contribution < 1.29 is 9.59 Å². The lowest BCUT2D eigenvalue weighted by Crippen LogP contribution is -2.25. The van der Waals surface area contributed by atoms with E-state index in [0.29, 0.717) is 23.4 Å². The minimum Gasteiger partial charge on any atom is -0.354 e. The molecule has 2 rings (SSSR count). The molecule has 0 aliphatic heterocycles. The summed E-state index contributed by atoms with van der Waals surface area (Å²) in [5.74, 6) is -0.210. The third-order valence-electron chi connectivity index (χ3n) is 4.28. The van der Waals surface area contributed by atoms with Crippen molar-refractivity contribution in [2.75, 3.05) is 0 Å². The first-order chi connectivity index (χ1) is 10.7. The lowest BCUT2D eigenvalue weighted by molar-refractivity contribution is 0.0945. The molecule has 1 amide bonds. The Hall–Kier alpha value is -2.36. The smallest absolute Gasteiger partial charge is 0.268 e. The highest BCUT2D eigenvalue weighted by Crippen LogP contribution is 2.19. The molecule has 4 nitrogen and oxygen atoms in total. The number of nitrogens with one attached hydrogen (secondary N) is 2. The van der Waals surface area contributed by atoms with Gasteiger partial charge in [-0.15, -0.1) is 0 Å². The summed E-state index contributed by atoms with van der Waals surface area (Å²) < 4.78 is 0. The van der Waals surface area contributed by atoms with E-state index in [0.717, 1.165) is 11.3 Å². The highest BCUT2D eigenvalue weighted by Gasteiger charge is 2.19. The van der Waals surface area contributed by atoms with Gasteiger partial charge in [-0.3, -0.25) is 9.59 Å². The molecule has 2 aromatic rings. The Bertz CT molecular complexity index is 762. The second-order valence-electron chi connectivity index (χ2n) is 6.24. The van der Waals surface area contributed by atoms with Gasteiger partial charge in [0, 0.05) is 17.8 Å². The highest BCUT2D eigenvalue weighted by molar-refractivity contribution is 6.02. The van der Waals surface area contributed by atoms with Crippen LogP contribution in [0.4, 0.5) is 0 Å². The first-order valence-corrected chi connectivity index (χ1v) is 7.77. The summed E-state index contributed by atoms with van der Waals surface area (Å²) in [5.41, 5.74) is 7.23. The van der Waals surface area contributed by atoms with Crippen LogP contribution in [-0.2, 0) is 6.54 Å². The first kappa shape index (κ1) is 17.0. The fraction of sp³-hybridized carbons (Fsp3) is 0.368. The lowest BCUT2D eigenvalue weighted by Gasteiger charge is -2.12. The van der Waals surface area contributed by atoms with Crippen LogP contribution in [0, 0.1) is 34.6 Å². The number of benzene rings is 1. The summed E-state index contributed by atoms with van der Waals surface area (Å²) in [5, 5.41) is 2.96.